The highest BCUT2D eigenvalue weighted by atomic mass is 16.6. The zero-order valence-corrected chi connectivity index (χ0v) is 18.6. The molecule has 1 aliphatic rings. The highest BCUT2D eigenvalue weighted by Crippen LogP contribution is 2.34. The first-order valence-electron chi connectivity index (χ1n) is 10.8. The third-order valence-corrected chi connectivity index (χ3v) is 5.73. The molecular weight excluding hydrogens is 436 g/mol. The van der Waals surface area contributed by atoms with Gasteiger partial charge >= 0.3 is 0 Å². The predicted octanol–water partition coefficient (Wildman–Crippen LogP) is 3.74. The van der Waals surface area contributed by atoms with Crippen LogP contribution in [0.2, 0.25) is 0 Å². The van der Waals surface area contributed by atoms with E-state index in [2.05, 4.69) is 25.2 Å². The second-order valence-electron chi connectivity index (χ2n) is 8.14. The van der Waals surface area contributed by atoms with Crippen molar-refractivity contribution in [1.29, 1.82) is 0 Å². The summed E-state index contributed by atoms with van der Waals surface area (Å²) in [6, 6.07) is 13.9. The maximum Gasteiger partial charge on any atom is 0.294 e. The van der Waals surface area contributed by atoms with Crippen molar-refractivity contribution in [2.45, 2.75) is 0 Å². The van der Waals surface area contributed by atoms with Crippen molar-refractivity contribution in [2.24, 2.45) is 0 Å². The lowest BCUT2D eigenvalue weighted by Crippen LogP contribution is -2.44. The number of hydrogen-bond donors (Lipinski definition) is 3. The minimum absolute atomic E-state index is 0.0340. The molecular formula is C23H24N8O3. The van der Waals surface area contributed by atoms with Crippen LogP contribution in [-0.4, -0.2) is 58.0 Å². The molecule has 0 bridgehead atoms. The fraction of sp³-hybridized carbons (Fsp3) is 0.217. The highest BCUT2D eigenvalue weighted by molar-refractivity contribution is 5.83. The fourth-order valence-corrected chi connectivity index (χ4v) is 3.93. The van der Waals surface area contributed by atoms with Gasteiger partial charge in [0.05, 0.1) is 10.3 Å². The minimum atomic E-state index is -0.359. The summed E-state index contributed by atoms with van der Waals surface area (Å²) in [5.41, 5.74) is 8.14. The predicted molar refractivity (Wildman–Crippen MR) is 131 cm³/mol. The number of nitrogens with zero attached hydrogens (tertiary/aromatic N) is 5. The van der Waals surface area contributed by atoms with E-state index in [0.29, 0.717) is 39.7 Å². The summed E-state index contributed by atoms with van der Waals surface area (Å²) in [5, 5.41) is 15.6. The molecule has 2 aromatic heterocycles. The lowest BCUT2D eigenvalue weighted by Gasteiger charge is -2.33. The van der Waals surface area contributed by atoms with Crippen LogP contribution in [0.25, 0.3) is 11.0 Å². The first-order chi connectivity index (χ1) is 16.5. The van der Waals surface area contributed by atoms with Crippen molar-refractivity contribution >= 4 is 39.7 Å². The Kier molecular flexibility index (Phi) is 5.60. The van der Waals surface area contributed by atoms with E-state index in [1.54, 1.807) is 42.6 Å². The number of fused-ring (bicyclic) bond motifs is 1. The Hall–Kier alpha value is -4.38. The number of likely N-dealkylation sites (N-methyl/N-ethyl adjacent to an activating group) is 1. The standard InChI is InChI=1S/C23H24N8O3/c1-29-9-11-30(12-10-29)19-6-5-16(14-20(19)31(32)33)26-23-27-21-18(7-8-25-21)22(28-23)34-17-4-2-3-15(24)13-17/h2-8,13-14H,9-12,24H2,1H3,(H2,25,26,27,28). The molecule has 5 rings (SSSR count). The lowest BCUT2D eigenvalue weighted by molar-refractivity contribution is -0.384. The van der Waals surface area contributed by atoms with Gasteiger partial charge in [-0.05, 0) is 37.4 Å². The number of rotatable bonds is 6. The summed E-state index contributed by atoms with van der Waals surface area (Å²) >= 11 is 0. The molecule has 0 radical (unpaired) electrons. The van der Waals surface area contributed by atoms with Crippen LogP contribution in [0.15, 0.2) is 54.7 Å². The first-order valence-corrected chi connectivity index (χ1v) is 10.8. The van der Waals surface area contributed by atoms with E-state index < -0.39 is 0 Å². The Morgan fingerprint density at radius 2 is 1.94 bits per heavy atom. The molecule has 0 amide bonds. The normalized spacial score (nSPS) is 14.3. The largest absolute Gasteiger partial charge is 0.438 e. The van der Waals surface area contributed by atoms with E-state index in [1.165, 1.54) is 6.07 Å². The van der Waals surface area contributed by atoms with E-state index in [9.17, 15) is 10.1 Å². The van der Waals surface area contributed by atoms with Crippen LogP contribution >= 0.6 is 0 Å². The van der Waals surface area contributed by atoms with Gasteiger partial charge in [-0.2, -0.15) is 9.97 Å². The molecule has 0 unspecified atom stereocenters. The number of nitrogens with two attached hydrogens (primary N) is 1. The van der Waals surface area contributed by atoms with E-state index in [-0.39, 0.29) is 16.6 Å². The molecule has 1 aliphatic heterocycles. The fourth-order valence-electron chi connectivity index (χ4n) is 3.93. The van der Waals surface area contributed by atoms with Gasteiger partial charge in [0, 0.05) is 55.9 Å². The summed E-state index contributed by atoms with van der Waals surface area (Å²) in [6.45, 7) is 3.19. The van der Waals surface area contributed by atoms with Gasteiger partial charge in [-0.25, -0.2) is 0 Å². The second-order valence-corrected chi connectivity index (χ2v) is 8.14. The van der Waals surface area contributed by atoms with Crippen LogP contribution in [0, 0.1) is 10.1 Å². The summed E-state index contributed by atoms with van der Waals surface area (Å²) in [5.74, 6) is 1.12. The van der Waals surface area contributed by atoms with Crippen molar-refractivity contribution in [2.75, 3.05) is 49.2 Å². The summed E-state index contributed by atoms with van der Waals surface area (Å²) in [4.78, 5) is 27.7. The Morgan fingerprint density at radius 3 is 2.71 bits per heavy atom. The average Bonchev–Trinajstić information content (AvgIpc) is 3.29. The number of benzene rings is 2. The van der Waals surface area contributed by atoms with Gasteiger partial charge in [0.15, 0.2) is 0 Å². The summed E-state index contributed by atoms with van der Waals surface area (Å²) in [6.07, 6.45) is 1.74. The molecule has 0 spiro atoms. The molecule has 1 saturated heterocycles. The summed E-state index contributed by atoms with van der Waals surface area (Å²) < 4.78 is 5.97. The molecule has 0 aliphatic carbocycles. The maximum absolute atomic E-state index is 11.8. The maximum atomic E-state index is 11.8. The molecule has 34 heavy (non-hydrogen) atoms. The molecule has 11 heteroatoms. The van der Waals surface area contributed by atoms with Crippen LogP contribution < -0.4 is 20.7 Å². The molecule has 1 fully saturated rings. The average molecular weight is 460 g/mol. The van der Waals surface area contributed by atoms with Gasteiger partial charge in [0.25, 0.3) is 5.69 Å². The van der Waals surface area contributed by atoms with E-state index in [1.807, 2.05) is 18.0 Å². The highest BCUT2D eigenvalue weighted by Gasteiger charge is 2.23. The molecule has 4 aromatic rings. The zero-order valence-electron chi connectivity index (χ0n) is 18.6. The molecule has 2 aromatic carbocycles. The van der Waals surface area contributed by atoms with Crippen LogP contribution in [0.5, 0.6) is 11.6 Å². The van der Waals surface area contributed by atoms with Crippen molar-refractivity contribution in [1.82, 2.24) is 19.9 Å². The second kappa shape index (κ2) is 8.87. The van der Waals surface area contributed by atoms with Gasteiger partial charge in [0.2, 0.25) is 11.8 Å². The number of anilines is 4. The molecule has 174 valence electrons. The van der Waals surface area contributed by atoms with Crippen molar-refractivity contribution in [3.05, 3.63) is 64.8 Å². The SMILES string of the molecule is CN1CCN(c2ccc(Nc3nc(Oc4cccc(N)c4)c4cc[nH]c4n3)cc2[N+](=O)[O-])CC1. The number of hydrogen-bond acceptors (Lipinski definition) is 9. The smallest absolute Gasteiger partial charge is 0.294 e. The number of piperazine rings is 1. The quantitative estimate of drug-likeness (QED) is 0.223. The van der Waals surface area contributed by atoms with E-state index in [0.717, 1.165) is 26.2 Å². The number of aromatic amines is 1. The Balaban J connectivity index is 1.44. The Bertz CT molecular complexity index is 1350. The lowest BCUT2D eigenvalue weighted by atomic mass is 10.2. The van der Waals surface area contributed by atoms with E-state index >= 15 is 0 Å². The van der Waals surface area contributed by atoms with Crippen LogP contribution in [0.4, 0.5) is 28.7 Å². The molecule has 11 nitrogen and oxygen atoms in total. The van der Waals surface area contributed by atoms with Crippen molar-refractivity contribution in [3.8, 4) is 11.6 Å². The molecule has 0 atom stereocenters. The van der Waals surface area contributed by atoms with Crippen LogP contribution in [0.1, 0.15) is 0 Å². The molecule has 4 N–H and O–H groups in total. The monoisotopic (exact) mass is 460 g/mol. The molecule has 0 saturated carbocycles. The zero-order chi connectivity index (χ0) is 23.7. The number of nitrogen functional groups attached to an aromatic ring is 1. The number of H-pyrrole nitrogens is 1. The summed E-state index contributed by atoms with van der Waals surface area (Å²) in [7, 11) is 2.05. The number of nitro groups is 1. The van der Waals surface area contributed by atoms with Gasteiger partial charge in [-0.3, -0.25) is 10.1 Å². The van der Waals surface area contributed by atoms with Crippen LogP contribution in [-0.2, 0) is 0 Å². The van der Waals surface area contributed by atoms with Gasteiger partial charge in [0.1, 0.15) is 17.1 Å². The third kappa shape index (κ3) is 4.41. The number of nitrogens with one attached hydrogen (secondary N) is 2. The Morgan fingerprint density at radius 1 is 1.12 bits per heavy atom. The van der Waals surface area contributed by atoms with Crippen molar-refractivity contribution in [3.63, 3.8) is 0 Å². The minimum Gasteiger partial charge on any atom is -0.438 e. The van der Waals surface area contributed by atoms with Gasteiger partial charge in [-0.15, -0.1) is 0 Å². The number of aromatic nitrogens is 3. The Labute approximate surface area is 195 Å². The number of nitro benzene ring substituents is 1. The first kappa shape index (κ1) is 21.5. The third-order valence-electron chi connectivity index (χ3n) is 5.73. The topological polar surface area (TPSA) is 138 Å². The van der Waals surface area contributed by atoms with Crippen LogP contribution in [0.3, 0.4) is 0 Å². The van der Waals surface area contributed by atoms with Gasteiger partial charge < -0.3 is 30.6 Å². The molecule has 3 heterocycles. The van der Waals surface area contributed by atoms with Gasteiger partial charge in [-0.1, -0.05) is 6.07 Å². The van der Waals surface area contributed by atoms with Crippen molar-refractivity contribution < 1.29 is 9.66 Å². The number of ether oxygens (including phenoxy) is 1. The van der Waals surface area contributed by atoms with E-state index in [4.69, 9.17) is 10.5 Å².